The lowest BCUT2D eigenvalue weighted by Gasteiger charge is -2.01. The predicted octanol–water partition coefficient (Wildman–Crippen LogP) is 1.59. The van der Waals surface area contributed by atoms with Crippen LogP contribution in [0.5, 0.6) is 0 Å². The fraction of sp³-hybridized carbons (Fsp3) is 0.462. The van der Waals surface area contributed by atoms with Gasteiger partial charge in [0.2, 0.25) is 0 Å². The lowest BCUT2D eigenvalue weighted by Crippen LogP contribution is -2.12. The van der Waals surface area contributed by atoms with Crippen molar-refractivity contribution in [3.63, 3.8) is 0 Å². The van der Waals surface area contributed by atoms with Gasteiger partial charge in [0.15, 0.2) is 0 Å². The first-order chi connectivity index (χ1) is 9.13. The number of hydrogen-bond acceptors (Lipinski definition) is 3. The number of nitrogens with zero attached hydrogens (tertiary/aromatic N) is 4. The van der Waals surface area contributed by atoms with E-state index in [9.17, 15) is 4.79 Å². The van der Waals surface area contributed by atoms with Gasteiger partial charge in [-0.25, -0.2) is 0 Å². The van der Waals surface area contributed by atoms with E-state index < -0.39 is 0 Å². The van der Waals surface area contributed by atoms with E-state index in [-0.39, 0.29) is 5.91 Å². The summed E-state index contributed by atoms with van der Waals surface area (Å²) in [6.45, 7) is 2.82. The molecule has 0 atom stereocenters. The van der Waals surface area contributed by atoms with Crippen LogP contribution in [-0.4, -0.2) is 25.5 Å². The molecule has 2 aromatic heterocycles. The first-order valence-electron chi connectivity index (χ1n) is 6.46. The van der Waals surface area contributed by atoms with Crippen molar-refractivity contribution in [2.75, 3.05) is 5.32 Å². The van der Waals surface area contributed by atoms with Gasteiger partial charge in [0, 0.05) is 25.5 Å². The number of anilines is 1. The van der Waals surface area contributed by atoms with Crippen LogP contribution >= 0.6 is 0 Å². The quantitative estimate of drug-likeness (QED) is 0.906. The zero-order valence-electron chi connectivity index (χ0n) is 11.1. The second kappa shape index (κ2) is 4.53. The lowest BCUT2D eigenvalue weighted by atomic mass is 10.2. The van der Waals surface area contributed by atoms with E-state index >= 15 is 0 Å². The third kappa shape index (κ3) is 2.52. The van der Waals surface area contributed by atoms with Crippen LogP contribution in [0.2, 0.25) is 0 Å². The van der Waals surface area contributed by atoms with Crippen LogP contribution in [-0.2, 0) is 13.6 Å². The van der Waals surface area contributed by atoms with Gasteiger partial charge >= 0.3 is 0 Å². The molecule has 1 N–H and O–H groups in total. The average Bonchev–Trinajstić information content (AvgIpc) is 2.98. The van der Waals surface area contributed by atoms with Crippen LogP contribution < -0.4 is 5.32 Å². The minimum Gasteiger partial charge on any atom is -0.319 e. The summed E-state index contributed by atoms with van der Waals surface area (Å²) in [5.74, 6) is 0.626. The minimum atomic E-state index is -0.142. The molecule has 19 heavy (non-hydrogen) atoms. The molecular formula is C13H17N5O. The molecule has 1 fully saturated rings. The number of carbonyl (C=O) groups is 1. The second-order valence-electron chi connectivity index (χ2n) is 5.12. The van der Waals surface area contributed by atoms with Crippen molar-refractivity contribution in [3.05, 3.63) is 29.8 Å². The first-order valence-corrected chi connectivity index (χ1v) is 6.46. The molecule has 0 bridgehead atoms. The smallest absolute Gasteiger partial charge is 0.259 e. The number of nitrogens with one attached hydrogen (secondary N) is 1. The Morgan fingerprint density at radius 1 is 1.42 bits per heavy atom. The number of aryl methyl sites for hydroxylation is 1. The van der Waals surface area contributed by atoms with E-state index in [1.807, 2.05) is 24.9 Å². The molecule has 1 amide bonds. The molecular weight excluding hydrogens is 242 g/mol. The Kier molecular flexibility index (Phi) is 2.85. The van der Waals surface area contributed by atoms with Crippen molar-refractivity contribution in [1.82, 2.24) is 19.6 Å². The molecule has 0 aliphatic heterocycles. The maximum atomic E-state index is 12.1. The SMILES string of the molecule is Cc1c(C(=O)Nc2cnn(CC3CC3)c2)cnn1C. The Labute approximate surface area is 111 Å². The summed E-state index contributed by atoms with van der Waals surface area (Å²) >= 11 is 0. The van der Waals surface area contributed by atoms with E-state index in [0.717, 1.165) is 23.8 Å². The highest BCUT2D eigenvalue weighted by atomic mass is 16.1. The normalized spacial score (nSPS) is 14.6. The fourth-order valence-electron chi connectivity index (χ4n) is 2.01. The van der Waals surface area contributed by atoms with E-state index in [1.165, 1.54) is 12.8 Å². The third-order valence-electron chi connectivity index (χ3n) is 3.51. The van der Waals surface area contributed by atoms with Crippen LogP contribution in [0.15, 0.2) is 18.6 Å². The van der Waals surface area contributed by atoms with E-state index in [0.29, 0.717) is 5.56 Å². The number of hydrogen-bond donors (Lipinski definition) is 1. The Balaban J connectivity index is 1.68. The molecule has 1 saturated carbocycles. The summed E-state index contributed by atoms with van der Waals surface area (Å²) in [5, 5.41) is 11.2. The monoisotopic (exact) mass is 259 g/mol. The molecule has 0 spiro atoms. The zero-order valence-corrected chi connectivity index (χ0v) is 11.1. The summed E-state index contributed by atoms with van der Waals surface area (Å²) in [6, 6.07) is 0. The molecule has 1 aliphatic carbocycles. The van der Waals surface area contributed by atoms with E-state index in [4.69, 9.17) is 0 Å². The van der Waals surface area contributed by atoms with Gasteiger partial charge < -0.3 is 5.32 Å². The van der Waals surface area contributed by atoms with Crippen LogP contribution in [0.1, 0.15) is 28.9 Å². The van der Waals surface area contributed by atoms with E-state index in [2.05, 4.69) is 15.5 Å². The summed E-state index contributed by atoms with van der Waals surface area (Å²) in [7, 11) is 1.82. The maximum Gasteiger partial charge on any atom is 0.259 e. The highest BCUT2D eigenvalue weighted by Gasteiger charge is 2.22. The maximum absolute atomic E-state index is 12.1. The van der Waals surface area contributed by atoms with Gasteiger partial charge in [-0.2, -0.15) is 10.2 Å². The molecule has 0 radical (unpaired) electrons. The molecule has 0 unspecified atom stereocenters. The van der Waals surface area contributed by atoms with Gasteiger partial charge in [-0.1, -0.05) is 0 Å². The third-order valence-corrected chi connectivity index (χ3v) is 3.51. The average molecular weight is 259 g/mol. The van der Waals surface area contributed by atoms with E-state index in [1.54, 1.807) is 17.1 Å². The topological polar surface area (TPSA) is 64.7 Å². The Hall–Kier alpha value is -2.11. The van der Waals surface area contributed by atoms with Gasteiger partial charge in [-0.05, 0) is 25.7 Å². The van der Waals surface area contributed by atoms with Gasteiger partial charge in [-0.3, -0.25) is 14.2 Å². The van der Waals surface area contributed by atoms with Crippen molar-refractivity contribution in [1.29, 1.82) is 0 Å². The number of amides is 1. The van der Waals surface area contributed by atoms with Crippen molar-refractivity contribution in [2.24, 2.45) is 13.0 Å². The molecule has 0 aromatic carbocycles. The summed E-state index contributed by atoms with van der Waals surface area (Å²) in [4.78, 5) is 12.1. The number of aromatic nitrogens is 4. The fourth-order valence-corrected chi connectivity index (χ4v) is 2.01. The Morgan fingerprint density at radius 2 is 2.21 bits per heavy atom. The number of rotatable bonds is 4. The minimum absolute atomic E-state index is 0.142. The molecule has 100 valence electrons. The second-order valence-corrected chi connectivity index (χ2v) is 5.12. The lowest BCUT2D eigenvalue weighted by molar-refractivity contribution is 0.102. The van der Waals surface area contributed by atoms with Crippen molar-refractivity contribution < 1.29 is 4.79 Å². The zero-order chi connectivity index (χ0) is 13.4. The van der Waals surface area contributed by atoms with Gasteiger partial charge in [0.05, 0.1) is 23.6 Å². The molecule has 2 aromatic rings. The summed E-state index contributed by atoms with van der Waals surface area (Å²) in [5.41, 5.74) is 2.18. The first kappa shape index (κ1) is 12.0. The standard InChI is InChI=1S/C13H17N5O/c1-9-12(6-14-17(9)2)13(19)16-11-5-15-18(8-11)7-10-3-4-10/h5-6,8,10H,3-4,7H2,1-2H3,(H,16,19). The van der Waals surface area contributed by atoms with Crippen molar-refractivity contribution >= 4 is 11.6 Å². The highest BCUT2D eigenvalue weighted by Crippen LogP contribution is 2.30. The highest BCUT2D eigenvalue weighted by molar-refractivity contribution is 6.04. The Bertz CT molecular complexity index is 608. The molecule has 6 nitrogen and oxygen atoms in total. The molecule has 6 heteroatoms. The predicted molar refractivity (Wildman–Crippen MR) is 70.8 cm³/mol. The van der Waals surface area contributed by atoms with Crippen LogP contribution in [0.3, 0.4) is 0 Å². The van der Waals surface area contributed by atoms with Crippen molar-refractivity contribution in [3.8, 4) is 0 Å². The van der Waals surface area contributed by atoms with Gasteiger partial charge in [0.1, 0.15) is 0 Å². The molecule has 3 rings (SSSR count). The summed E-state index contributed by atoms with van der Waals surface area (Å²) in [6.07, 6.45) is 7.72. The number of carbonyl (C=O) groups excluding carboxylic acids is 1. The van der Waals surface area contributed by atoms with Crippen LogP contribution in [0.25, 0.3) is 0 Å². The van der Waals surface area contributed by atoms with Crippen LogP contribution in [0.4, 0.5) is 5.69 Å². The Morgan fingerprint density at radius 3 is 2.84 bits per heavy atom. The van der Waals surface area contributed by atoms with Crippen LogP contribution in [0, 0.1) is 12.8 Å². The van der Waals surface area contributed by atoms with Gasteiger partial charge in [0.25, 0.3) is 5.91 Å². The molecule has 0 saturated heterocycles. The van der Waals surface area contributed by atoms with Crippen molar-refractivity contribution in [2.45, 2.75) is 26.3 Å². The molecule has 1 aliphatic rings. The van der Waals surface area contributed by atoms with Gasteiger partial charge in [-0.15, -0.1) is 0 Å². The summed E-state index contributed by atoms with van der Waals surface area (Å²) < 4.78 is 3.58. The molecule has 2 heterocycles. The largest absolute Gasteiger partial charge is 0.319 e.